The fourth-order valence-corrected chi connectivity index (χ4v) is 3.68. The lowest BCUT2D eigenvalue weighted by molar-refractivity contribution is -0.125. The molecular weight excluding hydrogens is 349 g/mol. The zero-order valence-corrected chi connectivity index (χ0v) is 14.2. The van der Waals surface area contributed by atoms with Crippen LogP contribution in [-0.4, -0.2) is 41.7 Å². The Bertz CT molecular complexity index is 774. The van der Waals surface area contributed by atoms with Crippen LogP contribution in [-0.2, 0) is 4.79 Å². The molecule has 1 aliphatic carbocycles. The average molecular weight is 364 g/mol. The van der Waals surface area contributed by atoms with E-state index in [0.29, 0.717) is 22.5 Å². The first-order valence-corrected chi connectivity index (χ1v) is 8.58. The van der Waals surface area contributed by atoms with Gasteiger partial charge in [-0.2, -0.15) is 0 Å². The number of halogens is 2. The fourth-order valence-electron chi connectivity index (χ4n) is 3.38. The summed E-state index contributed by atoms with van der Waals surface area (Å²) >= 11 is 12.0. The summed E-state index contributed by atoms with van der Waals surface area (Å²) in [5, 5.41) is 3.60. The quantitative estimate of drug-likeness (QED) is 0.839. The number of hydrogen-bond acceptors (Lipinski definition) is 3. The molecule has 0 bridgehead atoms. The Morgan fingerprint density at radius 2 is 2.04 bits per heavy atom. The molecule has 0 radical (unpaired) electrons. The van der Waals surface area contributed by atoms with Crippen LogP contribution in [0, 0.1) is 11.8 Å². The summed E-state index contributed by atoms with van der Waals surface area (Å²) in [5.41, 5.74) is 1.80. The number of nitrogens with one attached hydrogen (secondary N) is 1. The number of aliphatic imine (C=N–C) groups is 1. The topological polar surface area (TPSA) is 61.8 Å². The van der Waals surface area contributed by atoms with E-state index in [9.17, 15) is 9.59 Å². The van der Waals surface area contributed by atoms with Crippen LogP contribution >= 0.6 is 23.2 Å². The van der Waals surface area contributed by atoms with E-state index in [-0.39, 0.29) is 30.4 Å². The highest BCUT2D eigenvalue weighted by Crippen LogP contribution is 2.44. The number of dihydropyridines is 1. The van der Waals surface area contributed by atoms with Crippen molar-refractivity contribution in [1.29, 1.82) is 0 Å². The van der Waals surface area contributed by atoms with Crippen molar-refractivity contribution < 1.29 is 9.59 Å². The van der Waals surface area contributed by atoms with Gasteiger partial charge in [0.1, 0.15) is 0 Å². The molecule has 0 aromatic heterocycles. The van der Waals surface area contributed by atoms with Crippen molar-refractivity contribution in [3.8, 4) is 0 Å². The number of carbonyl (C=O) groups excluding carboxylic acids is 2. The Hall–Kier alpha value is -1.85. The smallest absolute Gasteiger partial charge is 0.324 e. The van der Waals surface area contributed by atoms with E-state index in [1.54, 1.807) is 12.1 Å². The van der Waals surface area contributed by atoms with Gasteiger partial charge in [-0.15, -0.1) is 0 Å². The van der Waals surface area contributed by atoms with Crippen LogP contribution in [0.15, 0.2) is 35.3 Å². The molecule has 1 saturated heterocycles. The van der Waals surface area contributed by atoms with Gasteiger partial charge in [-0.05, 0) is 30.5 Å². The van der Waals surface area contributed by atoms with E-state index in [1.165, 1.54) is 4.90 Å². The predicted molar refractivity (Wildman–Crippen MR) is 92.6 cm³/mol. The second kappa shape index (κ2) is 5.90. The van der Waals surface area contributed by atoms with Gasteiger partial charge in [-0.25, -0.2) is 4.79 Å². The van der Waals surface area contributed by atoms with Crippen LogP contribution in [0.1, 0.15) is 12.0 Å². The van der Waals surface area contributed by atoms with Gasteiger partial charge in [0.15, 0.2) is 0 Å². The molecule has 2 heterocycles. The van der Waals surface area contributed by atoms with E-state index >= 15 is 0 Å². The van der Waals surface area contributed by atoms with Crippen LogP contribution in [0.2, 0.25) is 10.0 Å². The molecule has 5 nitrogen and oxygen atoms in total. The standard InChI is InChI=1S/C17H15Cl2N3O2/c18-12-3-1-9(5-13(12)19)14-4-2-10(7-20-14)11-6-15(11)22-16(23)8-21-17(22)24/h1-5,10-11,15H,6-8H2,(H,21,24)/t10?,11-,15+/m0/s1. The van der Waals surface area contributed by atoms with Gasteiger partial charge in [-0.1, -0.05) is 35.3 Å². The number of urea groups is 1. The molecule has 0 spiro atoms. The number of nitrogens with zero attached hydrogens (tertiary/aromatic N) is 2. The molecule has 1 unspecified atom stereocenters. The zero-order chi connectivity index (χ0) is 16.8. The molecule has 2 fully saturated rings. The lowest BCUT2D eigenvalue weighted by Crippen LogP contribution is -2.35. The van der Waals surface area contributed by atoms with Gasteiger partial charge < -0.3 is 5.32 Å². The maximum absolute atomic E-state index is 11.8. The van der Waals surface area contributed by atoms with Gasteiger partial charge in [0, 0.05) is 24.1 Å². The summed E-state index contributed by atoms with van der Waals surface area (Å²) in [4.78, 5) is 29.5. The highest BCUT2D eigenvalue weighted by Gasteiger charge is 2.51. The SMILES string of the molecule is O=C1CNC(=O)N1[C@@H]1C[C@H]1C1C=CC(c2ccc(Cl)c(Cl)c2)=NC1. The molecule has 124 valence electrons. The van der Waals surface area contributed by atoms with Crippen molar-refractivity contribution in [2.75, 3.05) is 13.1 Å². The number of amides is 3. The van der Waals surface area contributed by atoms with Gasteiger partial charge in [-0.3, -0.25) is 14.7 Å². The molecule has 1 N–H and O–H groups in total. The minimum Gasteiger partial charge on any atom is -0.329 e. The Morgan fingerprint density at radius 3 is 2.67 bits per heavy atom. The summed E-state index contributed by atoms with van der Waals surface area (Å²) in [6.07, 6.45) is 4.95. The summed E-state index contributed by atoms with van der Waals surface area (Å²) in [6, 6.07) is 5.20. The molecule has 1 saturated carbocycles. The first kappa shape index (κ1) is 15.7. The molecular formula is C17H15Cl2N3O2. The van der Waals surface area contributed by atoms with Crippen molar-refractivity contribution in [2.24, 2.45) is 16.8 Å². The van der Waals surface area contributed by atoms with E-state index in [1.807, 2.05) is 12.1 Å². The highest BCUT2D eigenvalue weighted by atomic mass is 35.5. The number of hydrogen-bond donors (Lipinski definition) is 1. The molecule has 3 amide bonds. The van der Waals surface area contributed by atoms with E-state index < -0.39 is 0 Å². The second-order valence-corrected chi connectivity index (χ2v) is 7.08. The number of rotatable bonds is 3. The second-order valence-electron chi connectivity index (χ2n) is 6.27. The molecule has 7 heteroatoms. The number of imide groups is 1. The molecule has 24 heavy (non-hydrogen) atoms. The van der Waals surface area contributed by atoms with Crippen molar-refractivity contribution in [3.05, 3.63) is 46.0 Å². The molecule has 3 atom stereocenters. The molecule has 2 aliphatic heterocycles. The minimum atomic E-state index is -0.271. The third-order valence-electron chi connectivity index (χ3n) is 4.75. The third kappa shape index (κ3) is 2.72. The Morgan fingerprint density at radius 1 is 1.21 bits per heavy atom. The Labute approximate surface area is 149 Å². The maximum atomic E-state index is 11.8. The predicted octanol–water partition coefficient (Wildman–Crippen LogP) is 2.91. The lowest BCUT2D eigenvalue weighted by Gasteiger charge is -2.18. The molecule has 1 aromatic carbocycles. The zero-order valence-electron chi connectivity index (χ0n) is 12.7. The summed E-state index contributed by atoms with van der Waals surface area (Å²) in [6.45, 7) is 0.763. The van der Waals surface area contributed by atoms with Gasteiger partial charge >= 0.3 is 6.03 Å². The van der Waals surface area contributed by atoms with Crippen molar-refractivity contribution in [2.45, 2.75) is 12.5 Å². The summed E-state index contributed by atoms with van der Waals surface area (Å²) < 4.78 is 0. The van der Waals surface area contributed by atoms with E-state index in [2.05, 4.69) is 16.4 Å². The number of carbonyl (C=O) groups is 2. The van der Waals surface area contributed by atoms with Gasteiger partial charge in [0.05, 0.1) is 22.3 Å². The van der Waals surface area contributed by atoms with Crippen LogP contribution in [0.4, 0.5) is 4.79 Å². The van der Waals surface area contributed by atoms with Crippen LogP contribution < -0.4 is 5.32 Å². The molecule has 4 rings (SSSR count). The highest BCUT2D eigenvalue weighted by molar-refractivity contribution is 6.42. The first-order valence-electron chi connectivity index (χ1n) is 7.82. The largest absolute Gasteiger partial charge is 0.329 e. The average Bonchev–Trinajstić information content (AvgIpc) is 3.29. The van der Waals surface area contributed by atoms with Crippen LogP contribution in [0.5, 0.6) is 0 Å². The first-order chi connectivity index (χ1) is 11.5. The molecule has 3 aliphatic rings. The normalized spacial score (nSPS) is 28.8. The lowest BCUT2D eigenvalue weighted by atomic mass is 9.97. The summed E-state index contributed by atoms with van der Waals surface area (Å²) in [5.74, 6) is 0.420. The Kier molecular flexibility index (Phi) is 3.85. The third-order valence-corrected chi connectivity index (χ3v) is 5.49. The fraction of sp³-hybridized carbons (Fsp3) is 0.353. The van der Waals surface area contributed by atoms with Crippen LogP contribution in [0.25, 0.3) is 0 Å². The minimum absolute atomic E-state index is 0.0105. The van der Waals surface area contributed by atoms with Crippen molar-refractivity contribution >= 4 is 40.9 Å². The van der Waals surface area contributed by atoms with E-state index in [0.717, 1.165) is 17.7 Å². The monoisotopic (exact) mass is 363 g/mol. The number of allylic oxidation sites excluding steroid dienone is 1. The van der Waals surface area contributed by atoms with Gasteiger partial charge in [0.2, 0.25) is 5.91 Å². The van der Waals surface area contributed by atoms with Gasteiger partial charge in [0.25, 0.3) is 0 Å². The maximum Gasteiger partial charge on any atom is 0.324 e. The van der Waals surface area contributed by atoms with Crippen LogP contribution in [0.3, 0.4) is 0 Å². The van der Waals surface area contributed by atoms with E-state index in [4.69, 9.17) is 23.2 Å². The van der Waals surface area contributed by atoms with Crippen molar-refractivity contribution in [1.82, 2.24) is 10.2 Å². The number of benzene rings is 1. The Balaban J connectivity index is 1.43. The molecule has 1 aromatic rings. The summed E-state index contributed by atoms with van der Waals surface area (Å²) in [7, 11) is 0. The van der Waals surface area contributed by atoms with Crippen molar-refractivity contribution in [3.63, 3.8) is 0 Å².